The molecule has 14 heavy (non-hydrogen) atoms. The third kappa shape index (κ3) is 5.01. The van der Waals surface area contributed by atoms with Crippen LogP contribution in [0, 0.1) is 0 Å². The predicted octanol–water partition coefficient (Wildman–Crippen LogP) is 0.336. The van der Waals surface area contributed by atoms with Crippen molar-refractivity contribution in [2.24, 2.45) is 0 Å². The maximum absolute atomic E-state index is 11.4. The normalized spacial score (nSPS) is 12.1. The maximum atomic E-state index is 11.4. The van der Waals surface area contributed by atoms with Gasteiger partial charge in [-0.1, -0.05) is 0 Å². The SMILES string of the molecule is CC(C)NC(=S)NC(C)C(=O)N(C)C. The average Bonchev–Trinajstić information content (AvgIpc) is 2.00. The minimum Gasteiger partial charge on any atom is -0.361 e. The van der Waals surface area contributed by atoms with E-state index in [1.165, 1.54) is 4.90 Å². The zero-order chi connectivity index (χ0) is 11.3. The monoisotopic (exact) mass is 217 g/mol. The molecule has 0 aliphatic carbocycles. The number of carbonyl (C=O) groups excluding carboxylic acids is 1. The van der Waals surface area contributed by atoms with Crippen LogP contribution in [0.5, 0.6) is 0 Å². The molecule has 0 fully saturated rings. The van der Waals surface area contributed by atoms with Gasteiger partial charge in [0.1, 0.15) is 6.04 Å². The van der Waals surface area contributed by atoms with Gasteiger partial charge in [-0.15, -0.1) is 0 Å². The van der Waals surface area contributed by atoms with Crippen molar-refractivity contribution in [2.75, 3.05) is 14.1 Å². The molecule has 0 saturated carbocycles. The highest BCUT2D eigenvalue weighted by molar-refractivity contribution is 7.80. The topological polar surface area (TPSA) is 44.4 Å². The highest BCUT2D eigenvalue weighted by Crippen LogP contribution is 1.89. The zero-order valence-corrected chi connectivity index (χ0v) is 10.2. The van der Waals surface area contributed by atoms with Gasteiger partial charge < -0.3 is 15.5 Å². The second kappa shape index (κ2) is 5.80. The minimum atomic E-state index is -0.288. The Morgan fingerprint density at radius 3 is 2.07 bits per heavy atom. The Bertz CT molecular complexity index is 216. The summed E-state index contributed by atoms with van der Waals surface area (Å²) in [7, 11) is 3.44. The lowest BCUT2D eigenvalue weighted by Crippen LogP contribution is -2.49. The Morgan fingerprint density at radius 2 is 1.71 bits per heavy atom. The molecule has 0 aromatic rings. The molecule has 0 aliphatic rings. The van der Waals surface area contributed by atoms with E-state index >= 15 is 0 Å². The summed E-state index contributed by atoms with van der Waals surface area (Å²) in [6.45, 7) is 5.77. The smallest absolute Gasteiger partial charge is 0.244 e. The van der Waals surface area contributed by atoms with Gasteiger partial charge in [0.15, 0.2) is 5.11 Å². The molecule has 0 rings (SSSR count). The first-order valence-corrected chi connectivity index (χ1v) is 5.03. The number of nitrogens with one attached hydrogen (secondary N) is 2. The van der Waals surface area contributed by atoms with Crippen molar-refractivity contribution < 1.29 is 4.79 Å². The lowest BCUT2D eigenvalue weighted by atomic mass is 10.3. The lowest BCUT2D eigenvalue weighted by Gasteiger charge is -2.20. The lowest BCUT2D eigenvalue weighted by molar-refractivity contribution is -0.130. The molecule has 0 aromatic heterocycles. The van der Waals surface area contributed by atoms with Gasteiger partial charge in [-0.3, -0.25) is 4.79 Å². The fourth-order valence-corrected chi connectivity index (χ4v) is 1.36. The average molecular weight is 217 g/mol. The quantitative estimate of drug-likeness (QED) is 0.669. The first-order valence-electron chi connectivity index (χ1n) is 4.62. The summed E-state index contributed by atoms with van der Waals surface area (Å²) in [6, 6.07) is -0.0135. The molecular weight excluding hydrogens is 198 g/mol. The van der Waals surface area contributed by atoms with Crippen LogP contribution in [0.2, 0.25) is 0 Å². The summed E-state index contributed by atoms with van der Waals surface area (Å²) in [5.74, 6) is 0.0120. The molecule has 0 heterocycles. The molecule has 1 unspecified atom stereocenters. The summed E-state index contributed by atoms with van der Waals surface area (Å²) < 4.78 is 0. The number of thiocarbonyl (C=S) groups is 1. The van der Waals surface area contributed by atoms with Gasteiger partial charge in [0, 0.05) is 20.1 Å². The highest BCUT2D eigenvalue weighted by atomic mass is 32.1. The van der Waals surface area contributed by atoms with E-state index in [0.717, 1.165) is 0 Å². The second-order valence-electron chi connectivity index (χ2n) is 3.73. The number of hydrogen-bond donors (Lipinski definition) is 2. The molecule has 0 saturated heterocycles. The highest BCUT2D eigenvalue weighted by Gasteiger charge is 2.15. The van der Waals surface area contributed by atoms with Crippen molar-refractivity contribution in [3.8, 4) is 0 Å². The molecule has 0 radical (unpaired) electrons. The Morgan fingerprint density at radius 1 is 1.21 bits per heavy atom. The predicted molar refractivity (Wildman–Crippen MR) is 62.2 cm³/mol. The van der Waals surface area contributed by atoms with E-state index in [-0.39, 0.29) is 18.0 Å². The van der Waals surface area contributed by atoms with Crippen molar-refractivity contribution in [1.82, 2.24) is 15.5 Å². The fraction of sp³-hybridized carbons (Fsp3) is 0.778. The Balaban J connectivity index is 4.00. The molecular formula is C9H19N3OS. The van der Waals surface area contributed by atoms with E-state index in [9.17, 15) is 4.79 Å². The number of hydrogen-bond acceptors (Lipinski definition) is 2. The van der Waals surface area contributed by atoms with Gasteiger partial charge >= 0.3 is 0 Å². The summed E-state index contributed by atoms with van der Waals surface area (Å²) >= 11 is 5.02. The van der Waals surface area contributed by atoms with Gasteiger partial charge in [-0.2, -0.15) is 0 Å². The molecule has 0 spiro atoms. The number of rotatable bonds is 3. The zero-order valence-electron chi connectivity index (χ0n) is 9.42. The fourth-order valence-electron chi connectivity index (χ4n) is 0.950. The second-order valence-corrected chi connectivity index (χ2v) is 4.14. The summed E-state index contributed by atoms with van der Waals surface area (Å²) in [5, 5.41) is 6.45. The standard InChI is InChI=1S/C9H19N3OS/c1-6(2)10-9(14)11-7(3)8(13)12(4)5/h6-7H,1-5H3,(H2,10,11,14). The van der Waals surface area contributed by atoms with Gasteiger partial charge in [-0.05, 0) is 33.0 Å². The molecule has 4 nitrogen and oxygen atoms in total. The Labute approximate surface area is 91.0 Å². The molecule has 0 bridgehead atoms. The first kappa shape index (κ1) is 13.2. The van der Waals surface area contributed by atoms with E-state index in [1.54, 1.807) is 21.0 Å². The summed E-state index contributed by atoms with van der Waals surface area (Å²) in [6.07, 6.45) is 0. The molecule has 0 aliphatic heterocycles. The molecule has 0 aromatic carbocycles. The van der Waals surface area contributed by atoms with Crippen LogP contribution < -0.4 is 10.6 Å². The van der Waals surface area contributed by atoms with Crippen LogP contribution in [0.1, 0.15) is 20.8 Å². The van der Waals surface area contributed by atoms with E-state index in [2.05, 4.69) is 10.6 Å². The molecule has 1 amide bonds. The van der Waals surface area contributed by atoms with E-state index in [1.807, 2.05) is 13.8 Å². The number of nitrogens with zero attached hydrogens (tertiary/aromatic N) is 1. The number of carbonyl (C=O) groups is 1. The van der Waals surface area contributed by atoms with Crippen molar-refractivity contribution in [1.29, 1.82) is 0 Å². The van der Waals surface area contributed by atoms with Gasteiger partial charge in [-0.25, -0.2) is 0 Å². The summed E-state index contributed by atoms with van der Waals surface area (Å²) in [5.41, 5.74) is 0. The van der Waals surface area contributed by atoms with Crippen LogP contribution in [0.3, 0.4) is 0 Å². The van der Waals surface area contributed by atoms with E-state index in [0.29, 0.717) is 5.11 Å². The van der Waals surface area contributed by atoms with Gasteiger partial charge in [0.2, 0.25) is 5.91 Å². The van der Waals surface area contributed by atoms with Crippen molar-refractivity contribution in [3.05, 3.63) is 0 Å². The third-order valence-electron chi connectivity index (χ3n) is 1.58. The van der Waals surface area contributed by atoms with E-state index in [4.69, 9.17) is 12.2 Å². The van der Waals surface area contributed by atoms with Crippen molar-refractivity contribution in [2.45, 2.75) is 32.9 Å². The molecule has 5 heteroatoms. The van der Waals surface area contributed by atoms with Crippen LogP contribution >= 0.6 is 12.2 Å². The van der Waals surface area contributed by atoms with Crippen LogP contribution in [0.4, 0.5) is 0 Å². The van der Waals surface area contributed by atoms with Gasteiger partial charge in [0.05, 0.1) is 0 Å². The largest absolute Gasteiger partial charge is 0.361 e. The Kier molecular flexibility index (Phi) is 5.45. The van der Waals surface area contributed by atoms with Gasteiger partial charge in [0.25, 0.3) is 0 Å². The molecule has 1 atom stereocenters. The number of amides is 1. The van der Waals surface area contributed by atoms with Crippen LogP contribution in [-0.2, 0) is 4.79 Å². The summed E-state index contributed by atoms with van der Waals surface area (Å²) in [4.78, 5) is 13.0. The van der Waals surface area contributed by atoms with E-state index < -0.39 is 0 Å². The first-order chi connectivity index (χ1) is 6.34. The Hall–Kier alpha value is -0.840. The molecule has 2 N–H and O–H groups in total. The molecule has 82 valence electrons. The maximum Gasteiger partial charge on any atom is 0.244 e. The van der Waals surface area contributed by atoms with Crippen molar-refractivity contribution >= 4 is 23.2 Å². The van der Waals surface area contributed by atoms with Crippen molar-refractivity contribution in [3.63, 3.8) is 0 Å². The van der Waals surface area contributed by atoms with Crippen LogP contribution in [-0.4, -0.2) is 42.1 Å². The third-order valence-corrected chi connectivity index (χ3v) is 1.81. The number of likely N-dealkylation sites (N-methyl/N-ethyl adjacent to an activating group) is 1. The van der Waals surface area contributed by atoms with Crippen LogP contribution in [0.15, 0.2) is 0 Å². The van der Waals surface area contributed by atoms with Crippen LogP contribution in [0.25, 0.3) is 0 Å². The minimum absolute atomic E-state index is 0.0120.